The summed E-state index contributed by atoms with van der Waals surface area (Å²) in [5, 5.41) is 8.76. The number of hydrogen-bond acceptors (Lipinski definition) is 7. The van der Waals surface area contributed by atoms with Crippen LogP contribution in [0.15, 0.2) is 47.6 Å². The molecule has 0 bridgehead atoms. The number of rotatable bonds is 6. The average molecular weight is 538 g/mol. The largest absolute Gasteiger partial charge is 0.302 e. The molecule has 0 radical (unpaired) electrons. The van der Waals surface area contributed by atoms with Crippen LogP contribution in [0.2, 0.25) is 5.02 Å². The Kier molecular flexibility index (Phi) is 6.72. The van der Waals surface area contributed by atoms with E-state index in [1.807, 2.05) is 49.7 Å². The minimum atomic E-state index is -0.169. The van der Waals surface area contributed by atoms with E-state index < -0.39 is 0 Å². The number of thioether (sulfide) groups is 1. The summed E-state index contributed by atoms with van der Waals surface area (Å²) in [6, 6.07) is 9.24. The Morgan fingerprint density at radius 2 is 2.00 bits per heavy atom. The lowest BCUT2D eigenvalue weighted by Crippen LogP contribution is -2.17. The molecule has 4 aromatic rings. The summed E-state index contributed by atoms with van der Waals surface area (Å²) in [5.41, 5.74) is 4.69. The van der Waals surface area contributed by atoms with Crippen molar-refractivity contribution >= 4 is 51.5 Å². The minimum Gasteiger partial charge on any atom is -0.302 e. The molecular weight excluding hydrogens is 514 g/mol. The minimum absolute atomic E-state index is 0.0669. The molecule has 0 spiro atoms. The number of aromatic nitrogens is 4. The predicted octanol–water partition coefficient (Wildman–Crippen LogP) is 6.75. The molecule has 36 heavy (non-hydrogen) atoms. The van der Waals surface area contributed by atoms with Crippen LogP contribution in [0.3, 0.4) is 0 Å². The summed E-state index contributed by atoms with van der Waals surface area (Å²) in [6.07, 6.45) is 3.51. The second-order valence-corrected chi connectivity index (χ2v) is 11.4. The fourth-order valence-corrected chi connectivity index (χ4v) is 6.57. The molecule has 1 unspecified atom stereocenters. The summed E-state index contributed by atoms with van der Waals surface area (Å²) >= 11 is 9.85. The first-order chi connectivity index (χ1) is 17.2. The van der Waals surface area contributed by atoms with Crippen LogP contribution in [0.25, 0.3) is 27.5 Å². The van der Waals surface area contributed by atoms with Gasteiger partial charge >= 0.3 is 0 Å². The number of carbonyl (C=O) groups is 2. The van der Waals surface area contributed by atoms with Crippen LogP contribution in [0.5, 0.6) is 0 Å². The molecule has 3 aromatic heterocycles. The Bertz CT molecular complexity index is 1480. The van der Waals surface area contributed by atoms with Crippen LogP contribution in [0.1, 0.15) is 43.7 Å². The van der Waals surface area contributed by atoms with E-state index in [0.717, 1.165) is 32.4 Å². The third kappa shape index (κ3) is 4.47. The molecule has 0 saturated carbocycles. The molecule has 1 aliphatic rings. The van der Waals surface area contributed by atoms with Crippen molar-refractivity contribution in [3.63, 3.8) is 0 Å². The monoisotopic (exact) mass is 537 g/mol. The number of nitrogens with one attached hydrogen (secondary N) is 1. The predicted molar refractivity (Wildman–Crippen MR) is 145 cm³/mol. The van der Waals surface area contributed by atoms with Crippen molar-refractivity contribution in [3.05, 3.63) is 59.0 Å². The van der Waals surface area contributed by atoms with Gasteiger partial charge in [0.25, 0.3) is 0 Å². The lowest BCUT2D eigenvalue weighted by molar-refractivity contribution is -0.114. The summed E-state index contributed by atoms with van der Waals surface area (Å²) in [6.45, 7) is 7.48. The van der Waals surface area contributed by atoms with E-state index in [1.54, 1.807) is 30.2 Å². The van der Waals surface area contributed by atoms with Crippen molar-refractivity contribution < 1.29 is 9.59 Å². The number of hydrogen-bond donors (Lipinski definition) is 1. The van der Waals surface area contributed by atoms with Crippen LogP contribution in [0.4, 0.5) is 5.13 Å². The Morgan fingerprint density at radius 1 is 1.19 bits per heavy atom. The second kappa shape index (κ2) is 9.80. The average Bonchev–Trinajstić information content (AvgIpc) is 3.44. The first kappa shape index (κ1) is 24.7. The van der Waals surface area contributed by atoms with Gasteiger partial charge in [-0.05, 0) is 36.2 Å². The van der Waals surface area contributed by atoms with Gasteiger partial charge < -0.3 is 5.32 Å². The summed E-state index contributed by atoms with van der Waals surface area (Å²) < 4.78 is 1.82. The number of benzene rings is 1. The molecule has 10 heteroatoms. The van der Waals surface area contributed by atoms with Gasteiger partial charge in [0, 0.05) is 42.1 Å². The molecule has 5 rings (SSSR count). The van der Waals surface area contributed by atoms with Crippen LogP contribution < -0.4 is 5.32 Å². The number of amides is 1. The van der Waals surface area contributed by atoms with Crippen molar-refractivity contribution in [1.82, 2.24) is 19.7 Å². The van der Waals surface area contributed by atoms with Crippen LogP contribution >= 0.6 is 34.7 Å². The number of fused-ring (bicyclic) bond motifs is 3. The summed E-state index contributed by atoms with van der Waals surface area (Å²) in [5.74, 6) is 0.682. The highest BCUT2D eigenvalue weighted by atomic mass is 35.5. The van der Waals surface area contributed by atoms with Gasteiger partial charge in [0.2, 0.25) is 5.91 Å². The van der Waals surface area contributed by atoms with Gasteiger partial charge in [0.1, 0.15) is 11.4 Å². The molecule has 0 fully saturated rings. The smallest absolute Gasteiger partial charge is 0.223 e. The highest BCUT2D eigenvalue weighted by Crippen LogP contribution is 2.50. The zero-order chi connectivity index (χ0) is 25.6. The normalized spacial score (nSPS) is 13.3. The van der Waals surface area contributed by atoms with Gasteiger partial charge in [-0.15, -0.1) is 11.8 Å². The number of carbonyl (C=O) groups excluding carboxylic acids is 2. The number of thiazole rings is 1. The van der Waals surface area contributed by atoms with E-state index in [0.29, 0.717) is 27.2 Å². The van der Waals surface area contributed by atoms with E-state index >= 15 is 0 Å². The molecule has 1 aromatic carbocycles. The number of nitrogens with zero attached hydrogens (tertiary/aromatic N) is 4. The molecule has 1 amide bonds. The van der Waals surface area contributed by atoms with Crippen LogP contribution in [0, 0.1) is 11.8 Å². The lowest BCUT2D eigenvalue weighted by atomic mass is 9.90. The number of halogens is 1. The second-order valence-electron chi connectivity index (χ2n) is 9.01. The summed E-state index contributed by atoms with van der Waals surface area (Å²) in [7, 11) is 0. The van der Waals surface area contributed by atoms with E-state index in [1.165, 1.54) is 18.3 Å². The van der Waals surface area contributed by atoms with Gasteiger partial charge in [0.15, 0.2) is 10.9 Å². The summed E-state index contributed by atoms with van der Waals surface area (Å²) in [4.78, 5) is 35.4. The van der Waals surface area contributed by atoms with Crippen molar-refractivity contribution in [2.75, 3.05) is 5.32 Å². The zero-order valence-electron chi connectivity index (χ0n) is 20.2. The number of pyridine rings is 1. The van der Waals surface area contributed by atoms with Gasteiger partial charge in [0.05, 0.1) is 26.2 Å². The van der Waals surface area contributed by atoms with Crippen molar-refractivity contribution in [1.29, 1.82) is 0 Å². The maximum atomic E-state index is 12.9. The van der Waals surface area contributed by atoms with E-state index in [-0.39, 0.29) is 23.5 Å². The third-order valence-corrected chi connectivity index (χ3v) is 8.62. The molecule has 0 saturated heterocycles. The van der Waals surface area contributed by atoms with Crippen LogP contribution in [-0.2, 0) is 10.5 Å². The van der Waals surface area contributed by atoms with Gasteiger partial charge in [-0.1, -0.05) is 43.7 Å². The number of Topliss-reactive ketones (excluding diaryl/α,β-unsaturated/α-hetero) is 1. The molecule has 1 aliphatic heterocycles. The molecule has 184 valence electrons. The van der Waals surface area contributed by atoms with Gasteiger partial charge in [-0.2, -0.15) is 5.10 Å². The third-order valence-electron chi connectivity index (χ3n) is 6.20. The number of anilines is 1. The van der Waals surface area contributed by atoms with Crippen molar-refractivity contribution in [2.45, 2.75) is 38.3 Å². The Hall–Kier alpha value is -3.01. The quantitative estimate of drug-likeness (QED) is 0.274. The first-order valence-electron chi connectivity index (χ1n) is 11.5. The fraction of sp³-hybridized carbons (Fsp3) is 0.269. The molecule has 4 heterocycles. The maximum absolute atomic E-state index is 12.9. The van der Waals surface area contributed by atoms with E-state index in [2.05, 4.69) is 15.3 Å². The Labute approximate surface area is 222 Å². The highest BCUT2D eigenvalue weighted by molar-refractivity contribution is 7.99. The van der Waals surface area contributed by atoms with Crippen molar-refractivity contribution in [3.8, 4) is 27.5 Å². The molecule has 1 N–H and O–H groups in total. The zero-order valence-corrected chi connectivity index (χ0v) is 22.6. The highest BCUT2D eigenvalue weighted by Gasteiger charge is 2.31. The van der Waals surface area contributed by atoms with E-state index in [4.69, 9.17) is 16.7 Å². The Balaban J connectivity index is 1.67. The molecular formula is C26H24ClN5O2S2. The topological polar surface area (TPSA) is 89.8 Å². The van der Waals surface area contributed by atoms with Crippen LogP contribution in [-0.4, -0.2) is 31.4 Å². The number of ketones is 1. The molecule has 1 atom stereocenters. The Morgan fingerprint density at radius 3 is 2.67 bits per heavy atom. The SMILES string of the molecule is CC(=O)Nc1nc2c(s1)-c1c(c(-c3cccnc3)nn1-c1ccc(C(=O)C(C)C(C)C)cc1Cl)SC2. The maximum Gasteiger partial charge on any atom is 0.223 e. The van der Waals surface area contributed by atoms with Gasteiger partial charge in [-0.3, -0.25) is 14.6 Å². The van der Waals surface area contributed by atoms with Gasteiger partial charge in [-0.25, -0.2) is 9.67 Å². The fourth-order valence-electron chi connectivity index (χ4n) is 3.98. The first-order valence-corrected chi connectivity index (χ1v) is 13.7. The lowest BCUT2D eigenvalue weighted by Gasteiger charge is -2.16. The van der Waals surface area contributed by atoms with E-state index in [9.17, 15) is 9.59 Å². The molecule has 7 nitrogen and oxygen atoms in total. The standard InChI is InChI=1S/C26H24ClN5O2S2/c1-13(2)14(3)23(34)16-7-8-20(18(27)10-16)32-22-24-19(30-26(36-24)29-15(4)33)12-35-25(22)21(31-32)17-6-5-9-28-11-17/h5-11,13-14H,12H2,1-4H3,(H,29,30,33). The molecule has 0 aliphatic carbocycles. The van der Waals surface area contributed by atoms with Crippen molar-refractivity contribution in [2.24, 2.45) is 11.8 Å².